The molecule has 3 rings (SSSR count). The Labute approximate surface area is 166 Å². The fourth-order valence-corrected chi connectivity index (χ4v) is 3.53. The highest BCUT2D eigenvalue weighted by atomic mass is 35.5. The summed E-state index contributed by atoms with van der Waals surface area (Å²) in [6.07, 6.45) is 2.06. The highest BCUT2D eigenvalue weighted by Crippen LogP contribution is 2.26. The van der Waals surface area contributed by atoms with E-state index in [2.05, 4.69) is 5.32 Å². The van der Waals surface area contributed by atoms with Crippen molar-refractivity contribution in [1.29, 1.82) is 0 Å². The topological polar surface area (TPSA) is 41.6 Å². The van der Waals surface area contributed by atoms with Gasteiger partial charge in [-0.05, 0) is 67.7 Å². The highest BCUT2D eigenvalue weighted by Gasteiger charge is 2.25. The zero-order valence-corrected chi connectivity index (χ0v) is 16.5. The number of nitrogens with one attached hydrogen (secondary N) is 1. The molecule has 1 heterocycles. The van der Waals surface area contributed by atoms with Gasteiger partial charge in [0, 0.05) is 13.1 Å². The Morgan fingerprint density at radius 1 is 1.22 bits per heavy atom. The van der Waals surface area contributed by atoms with Gasteiger partial charge in [-0.2, -0.15) is 0 Å². The van der Waals surface area contributed by atoms with E-state index in [0.29, 0.717) is 19.0 Å². The molecule has 2 aromatic rings. The number of halogens is 2. The van der Waals surface area contributed by atoms with Gasteiger partial charge in [0.1, 0.15) is 11.6 Å². The maximum atomic E-state index is 14.6. The van der Waals surface area contributed by atoms with Crippen molar-refractivity contribution in [2.45, 2.75) is 12.8 Å². The lowest BCUT2D eigenvalue weighted by Gasteiger charge is -2.32. The van der Waals surface area contributed by atoms with Crippen LogP contribution in [0.15, 0.2) is 42.5 Å². The molecule has 1 atom stereocenters. The first-order valence-electron chi connectivity index (χ1n) is 9.00. The van der Waals surface area contributed by atoms with Crippen LogP contribution in [0.4, 0.5) is 4.39 Å². The van der Waals surface area contributed by atoms with Gasteiger partial charge >= 0.3 is 0 Å². The Bertz CT molecular complexity index is 765. The lowest BCUT2D eigenvalue weighted by atomic mass is 9.97. The van der Waals surface area contributed by atoms with Gasteiger partial charge < -0.3 is 15.0 Å². The molecule has 1 amide bonds. The van der Waals surface area contributed by atoms with Gasteiger partial charge in [0.15, 0.2) is 0 Å². The van der Waals surface area contributed by atoms with Crippen LogP contribution in [-0.4, -0.2) is 44.6 Å². The van der Waals surface area contributed by atoms with Crippen LogP contribution in [0.1, 0.15) is 23.2 Å². The monoisotopic (exact) mass is 392 g/mol. The summed E-state index contributed by atoms with van der Waals surface area (Å²) in [5.74, 6) is 0.491. The smallest absolute Gasteiger partial charge is 0.256 e. The molecule has 2 aromatic carbocycles. The van der Waals surface area contributed by atoms with Crippen molar-refractivity contribution >= 4 is 18.3 Å². The lowest BCUT2D eigenvalue weighted by Crippen LogP contribution is -2.42. The molecule has 0 bridgehead atoms. The summed E-state index contributed by atoms with van der Waals surface area (Å²) in [7, 11) is 3.52. The molecule has 1 fully saturated rings. The number of hydrogen-bond acceptors (Lipinski definition) is 3. The predicted molar refractivity (Wildman–Crippen MR) is 108 cm³/mol. The van der Waals surface area contributed by atoms with E-state index in [0.717, 1.165) is 36.3 Å². The predicted octanol–water partition coefficient (Wildman–Crippen LogP) is 3.99. The number of ether oxygens (including phenoxy) is 1. The van der Waals surface area contributed by atoms with Gasteiger partial charge in [0.05, 0.1) is 12.7 Å². The van der Waals surface area contributed by atoms with Crippen molar-refractivity contribution in [3.8, 4) is 16.9 Å². The van der Waals surface area contributed by atoms with Crippen molar-refractivity contribution < 1.29 is 13.9 Å². The normalized spacial score (nSPS) is 16.6. The molecule has 6 heteroatoms. The van der Waals surface area contributed by atoms with Crippen LogP contribution in [0.3, 0.4) is 0 Å². The molecule has 1 N–H and O–H groups in total. The van der Waals surface area contributed by atoms with Crippen molar-refractivity contribution in [1.82, 2.24) is 10.2 Å². The summed E-state index contributed by atoms with van der Waals surface area (Å²) >= 11 is 0. The van der Waals surface area contributed by atoms with Crippen LogP contribution in [0.5, 0.6) is 5.75 Å². The summed E-state index contributed by atoms with van der Waals surface area (Å²) in [4.78, 5) is 14.5. The van der Waals surface area contributed by atoms with E-state index < -0.39 is 5.82 Å². The number of carbonyl (C=O) groups excluding carboxylic acids is 1. The second-order valence-electron chi connectivity index (χ2n) is 6.74. The zero-order chi connectivity index (χ0) is 18.5. The van der Waals surface area contributed by atoms with Crippen molar-refractivity contribution in [2.24, 2.45) is 5.92 Å². The van der Waals surface area contributed by atoms with Crippen LogP contribution in [0, 0.1) is 11.7 Å². The highest BCUT2D eigenvalue weighted by molar-refractivity contribution is 5.95. The molecule has 0 radical (unpaired) electrons. The Kier molecular flexibility index (Phi) is 7.63. The van der Waals surface area contributed by atoms with E-state index in [4.69, 9.17) is 4.74 Å². The summed E-state index contributed by atoms with van der Waals surface area (Å²) in [5, 5.41) is 3.16. The number of likely N-dealkylation sites (tertiary alicyclic amines) is 1. The van der Waals surface area contributed by atoms with E-state index in [1.54, 1.807) is 24.1 Å². The Morgan fingerprint density at radius 3 is 2.56 bits per heavy atom. The number of hydrogen-bond donors (Lipinski definition) is 1. The lowest BCUT2D eigenvalue weighted by molar-refractivity contribution is 0.0669. The number of methoxy groups -OCH3 is 1. The standard InChI is InChI=1S/C21H25FN2O2.ClH/c1-23-13-15-4-3-11-24(14-15)21(25)19-10-7-17(12-20(19)22)16-5-8-18(26-2)9-6-16;/h5-10,12,15,23H,3-4,11,13-14H2,1-2H3;1H. The van der Waals surface area contributed by atoms with Crippen LogP contribution < -0.4 is 10.1 Å². The minimum Gasteiger partial charge on any atom is -0.497 e. The largest absolute Gasteiger partial charge is 0.497 e. The van der Waals surface area contributed by atoms with Crippen LogP contribution in [-0.2, 0) is 0 Å². The van der Waals surface area contributed by atoms with Gasteiger partial charge in [-0.1, -0.05) is 18.2 Å². The molecule has 0 saturated carbocycles. The quantitative estimate of drug-likeness (QED) is 0.836. The molecule has 1 saturated heterocycles. The number of nitrogens with zero attached hydrogens (tertiary/aromatic N) is 1. The van der Waals surface area contributed by atoms with Gasteiger partial charge in [0.2, 0.25) is 0 Å². The number of piperidine rings is 1. The molecule has 4 nitrogen and oxygen atoms in total. The second-order valence-corrected chi connectivity index (χ2v) is 6.74. The number of carbonyl (C=O) groups is 1. The van der Waals surface area contributed by atoms with E-state index in [-0.39, 0.29) is 23.9 Å². The van der Waals surface area contributed by atoms with E-state index in [1.165, 1.54) is 6.07 Å². The molecule has 0 aliphatic carbocycles. The van der Waals surface area contributed by atoms with E-state index in [9.17, 15) is 9.18 Å². The minimum absolute atomic E-state index is 0. The third-order valence-corrected chi connectivity index (χ3v) is 4.92. The molecular weight excluding hydrogens is 367 g/mol. The maximum absolute atomic E-state index is 14.6. The van der Waals surface area contributed by atoms with Crippen LogP contribution in [0.25, 0.3) is 11.1 Å². The Balaban J connectivity index is 0.00000261. The summed E-state index contributed by atoms with van der Waals surface area (Å²) in [5.41, 5.74) is 1.77. The molecule has 1 aliphatic heterocycles. The van der Waals surface area contributed by atoms with Crippen LogP contribution in [0.2, 0.25) is 0 Å². The molecule has 1 unspecified atom stereocenters. The number of amides is 1. The zero-order valence-electron chi connectivity index (χ0n) is 15.7. The van der Waals surface area contributed by atoms with Crippen molar-refractivity contribution in [2.75, 3.05) is 33.8 Å². The second kappa shape index (κ2) is 9.72. The van der Waals surface area contributed by atoms with E-state index in [1.807, 2.05) is 31.3 Å². The molecule has 0 spiro atoms. The SMILES string of the molecule is CNCC1CCCN(C(=O)c2ccc(-c3ccc(OC)cc3)cc2F)C1.Cl. The van der Waals surface area contributed by atoms with Crippen molar-refractivity contribution in [3.63, 3.8) is 0 Å². The molecule has 146 valence electrons. The average Bonchev–Trinajstić information content (AvgIpc) is 2.68. The minimum atomic E-state index is -0.473. The Hall–Kier alpha value is -2.11. The van der Waals surface area contributed by atoms with Gasteiger partial charge in [-0.15, -0.1) is 12.4 Å². The third-order valence-electron chi connectivity index (χ3n) is 4.92. The van der Waals surface area contributed by atoms with Gasteiger partial charge in [0.25, 0.3) is 5.91 Å². The first-order chi connectivity index (χ1) is 12.6. The summed E-state index contributed by atoms with van der Waals surface area (Å²) in [6, 6.07) is 12.3. The maximum Gasteiger partial charge on any atom is 0.256 e. The first-order valence-corrected chi connectivity index (χ1v) is 9.00. The number of rotatable bonds is 5. The van der Waals surface area contributed by atoms with E-state index >= 15 is 0 Å². The third kappa shape index (κ3) is 4.99. The van der Waals surface area contributed by atoms with Crippen molar-refractivity contribution in [3.05, 3.63) is 53.8 Å². The molecule has 27 heavy (non-hydrogen) atoms. The Morgan fingerprint density at radius 2 is 1.93 bits per heavy atom. The fraction of sp³-hybridized carbons (Fsp3) is 0.381. The first kappa shape index (κ1) is 21.2. The fourth-order valence-electron chi connectivity index (χ4n) is 3.53. The van der Waals surface area contributed by atoms with Crippen LogP contribution >= 0.6 is 12.4 Å². The van der Waals surface area contributed by atoms with Gasteiger partial charge in [-0.3, -0.25) is 4.79 Å². The average molecular weight is 393 g/mol. The summed E-state index contributed by atoms with van der Waals surface area (Å²) < 4.78 is 19.8. The molecule has 1 aliphatic rings. The molecule has 0 aromatic heterocycles. The number of benzene rings is 2. The summed E-state index contributed by atoms with van der Waals surface area (Å²) in [6.45, 7) is 2.25. The molecular formula is C21H26ClFN2O2. The van der Waals surface area contributed by atoms with Gasteiger partial charge in [-0.25, -0.2) is 4.39 Å².